The van der Waals surface area contributed by atoms with Gasteiger partial charge in [0.1, 0.15) is 0 Å². The van der Waals surface area contributed by atoms with Crippen molar-refractivity contribution in [3.8, 4) is 0 Å². The van der Waals surface area contributed by atoms with Gasteiger partial charge in [0.25, 0.3) is 0 Å². The van der Waals surface area contributed by atoms with Gasteiger partial charge in [-0.3, -0.25) is 0 Å². The molecule has 1 aliphatic rings. The number of aliphatic carboxylic acids is 2. The Morgan fingerprint density at radius 1 is 1.06 bits per heavy atom. The maximum atomic E-state index is 11.1. The van der Waals surface area contributed by atoms with Gasteiger partial charge < -0.3 is 19.8 Å². The lowest BCUT2D eigenvalue weighted by atomic mass is 9.75. The largest absolute Gasteiger partial charge is 0.550 e. The molecule has 0 heterocycles. The van der Waals surface area contributed by atoms with Gasteiger partial charge in [-0.15, -0.1) is 0 Å². The van der Waals surface area contributed by atoms with E-state index in [1.807, 2.05) is 6.92 Å². The third-order valence-corrected chi connectivity index (χ3v) is 4.36. The average molecular weight is 254 g/mol. The highest BCUT2D eigenvalue weighted by Gasteiger charge is 2.27. The first kappa shape index (κ1) is 15.0. The lowest BCUT2D eigenvalue weighted by Gasteiger charge is -2.33. The molecule has 0 aromatic heterocycles. The first-order valence-corrected chi connectivity index (χ1v) is 6.85. The summed E-state index contributed by atoms with van der Waals surface area (Å²) in [6, 6.07) is 0. The molecule has 0 bridgehead atoms. The zero-order valence-electron chi connectivity index (χ0n) is 11.2. The molecule has 1 aliphatic carbocycles. The number of carboxylic acids is 2. The summed E-state index contributed by atoms with van der Waals surface area (Å²) in [5, 5.41) is 21.9. The number of hydrogen-bond acceptors (Lipinski definition) is 4. The summed E-state index contributed by atoms with van der Waals surface area (Å²) in [4.78, 5) is 21.9. The van der Waals surface area contributed by atoms with Gasteiger partial charge in [0.2, 0.25) is 0 Å². The highest BCUT2D eigenvalue weighted by Crippen LogP contribution is 2.34. The van der Waals surface area contributed by atoms with Crippen molar-refractivity contribution in [1.29, 1.82) is 0 Å². The van der Waals surface area contributed by atoms with Crippen LogP contribution in [0.4, 0.5) is 0 Å². The maximum absolute atomic E-state index is 11.1. The predicted octanol–water partition coefficient (Wildman–Crippen LogP) is 0.345. The third kappa shape index (κ3) is 4.00. The second kappa shape index (κ2) is 6.76. The van der Waals surface area contributed by atoms with Crippen LogP contribution in [0.15, 0.2) is 0 Å². The molecule has 4 heteroatoms. The van der Waals surface area contributed by atoms with Crippen molar-refractivity contribution in [2.24, 2.45) is 23.7 Å². The molecule has 0 radical (unpaired) electrons. The first-order valence-electron chi connectivity index (χ1n) is 6.85. The Kier molecular flexibility index (Phi) is 5.63. The van der Waals surface area contributed by atoms with Crippen LogP contribution in [0.5, 0.6) is 0 Å². The van der Waals surface area contributed by atoms with Crippen LogP contribution in [0.1, 0.15) is 52.4 Å². The van der Waals surface area contributed by atoms with Crippen LogP contribution in [-0.2, 0) is 9.59 Å². The number of hydrogen-bond donors (Lipinski definition) is 0. The molecule has 1 fully saturated rings. The summed E-state index contributed by atoms with van der Waals surface area (Å²) in [7, 11) is 0. The fourth-order valence-electron chi connectivity index (χ4n) is 2.96. The van der Waals surface area contributed by atoms with Crippen LogP contribution >= 0.6 is 0 Å². The molecular formula is C14H22O4-2. The average Bonchev–Trinajstić information content (AvgIpc) is 2.35. The summed E-state index contributed by atoms with van der Waals surface area (Å²) in [5.74, 6) is -3.74. The second-order valence-electron chi connectivity index (χ2n) is 5.64. The molecule has 0 aliphatic heterocycles. The molecule has 1 saturated carbocycles. The molecule has 0 saturated heterocycles. The normalized spacial score (nSPS) is 22.1. The minimum atomic E-state index is -1.31. The number of carbonyl (C=O) groups is 2. The van der Waals surface area contributed by atoms with Gasteiger partial charge in [-0.05, 0) is 18.3 Å². The SMILES string of the molecule is CC(CC(C(=O)[O-])C(C)C(=O)[O-])C1CCCCC1. The van der Waals surface area contributed by atoms with E-state index in [1.165, 1.54) is 26.2 Å². The quantitative estimate of drug-likeness (QED) is 0.684. The Balaban J connectivity index is 2.59. The van der Waals surface area contributed by atoms with Crippen LogP contribution in [0.3, 0.4) is 0 Å². The minimum Gasteiger partial charge on any atom is -0.550 e. The van der Waals surface area contributed by atoms with Gasteiger partial charge in [-0.25, -0.2) is 0 Å². The van der Waals surface area contributed by atoms with E-state index in [0.29, 0.717) is 12.3 Å². The highest BCUT2D eigenvalue weighted by atomic mass is 16.4. The summed E-state index contributed by atoms with van der Waals surface area (Å²) in [6.07, 6.45) is 6.27. The van der Waals surface area contributed by atoms with E-state index in [0.717, 1.165) is 12.8 Å². The van der Waals surface area contributed by atoms with Crippen LogP contribution in [0.2, 0.25) is 0 Å². The van der Waals surface area contributed by atoms with Gasteiger partial charge in [0.15, 0.2) is 0 Å². The minimum absolute atomic E-state index is 0.231. The smallest absolute Gasteiger partial charge is 0.0451 e. The Morgan fingerprint density at radius 3 is 2.06 bits per heavy atom. The maximum Gasteiger partial charge on any atom is 0.0451 e. The lowest BCUT2D eigenvalue weighted by molar-refractivity contribution is -0.326. The molecular weight excluding hydrogens is 232 g/mol. The molecule has 18 heavy (non-hydrogen) atoms. The molecule has 4 nitrogen and oxygen atoms in total. The lowest BCUT2D eigenvalue weighted by Crippen LogP contribution is -2.43. The molecule has 0 spiro atoms. The number of rotatable bonds is 6. The van der Waals surface area contributed by atoms with Crippen molar-refractivity contribution in [3.05, 3.63) is 0 Å². The van der Waals surface area contributed by atoms with Crippen LogP contribution < -0.4 is 10.2 Å². The fraction of sp³-hybridized carbons (Fsp3) is 0.857. The molecule has 0 N–H and O–H groups in total. The van der Waals surface area contributed by atoms with Gasteiger partial charge in [-0.1, -0.05) is 46.0 Å². The summed E-state index contributed by atoms with van der Waals surface area (Å²) < 4.78 is 0. The van der Waals surface area contributed by atoms with Crippen molar-refractivity contribution in [2.45, 2.75) is 52.4 Å². The fourth-order valence-corrected chi connectivity index (χ4v) is 2.96. The molecule has 3 atom stereocenters. The molecule has 1 rings (SSSR count). The van der Waals surface area contributed by atoms with E-state index in [-0.39, 0.29) is 5.92 Å². The topological polar surface area (TPSA) is 80.3 Å². The van der Waals surface area contributed by atoms with Crippen molar-refractivity contribution in [1.82, 2.24) is 0 Å². The molecule has 0 aromatic carbocycles. The van der Waals surface area contributed by atoms with Gasteiger partial charge in [0, 0.05) is 23.8 Å². The van der Waals surface area contributed by atoms with Crippen LogP contribution in [0.25, 0.3) is 0 Å². The van der Waals surface area contributed by atoms with Crippen molar-refractivity contribution < 1.29 is 19.8 Å². The zero-order chi connectivity index (χ0) is 13.7. The van der Waals surface area contributed by atoms with E-state index in [2.05, 4.69) is 0 Å². The van der Waals surface area contributed by atoms with E-state index in [9.17, 15) is 19.8 Å². The van der Waals surface area contributed by atoms with Gasteiger partial charge in [0.05, 0.1) is 0 Å². The second-order valence-corrected chi connectivity index (χ2v) is 5.64. The number of carbonyl (C=O) groups excluding carboxylic acids is 2. The third-order valence-electron chi connectivity index (χ3n) is 4.36. The van der Waals surface area contributed by atoms with Crippen molar-refractivity contribution in [3.63, 3.8) is 0 Å². The Labute approximate surface area is 108 Å². The monoisotopic (exact) mass is 254 g/mol. The van der Waals surface area contributed by atoms with E-state index < -0.39 is 23.8 Å². The van der Waals surface area contributed by atoms with E-state index >= 15 is 0 Å². The molecule has 0 amide bonds. The summed E-state index contributed by atoms with van der Waals surface area (Å²) >= 11 is 0. The predicted molar refractivity (Wildman–Crippen MR) is 63.0 cm³/mol. The van der Waals surface area contributed by atoms with E-state index in [4.69, 9.17) is 0 Å². The molecule has 104 valence electrons. The number of carboxylic acid groups (broad SMARTS) is 2. The van der Waals surface area contributed by atoms with Crippen molar-refractivity contribution >= 4 is 11.9 Å². The van der Waals surface area contributed by atoms with Crippen molar-refractivity contribution in [2.75, 3.05) is 0 Å². The summed E-state index contributed by atoms with van der Waals surface area (Å²) in [6.45, 7) is 3.41. The van der Waals surface area contributed by atoms with Gasteiger partial charge >= 0.3 is 0 Å². The van der Waals surface area contributed by atoms with Gasteiger partial charge in [-0.2, -0.15) is 0 Å². The Morgan fingerprint density at radius 2 is 1.61 bits per heavy atom. The zero-order valence-corrected chi connectivity index (χ0v) is 11.2. The molecule has 0 aromatic rings. The Bertz CT molecular complexity index is 294. The summed E-state index contributed by atoms with van der Waals surface area (Å²) in [5.41, 5.74) is 0. The highest BCUT2D eigenvalue weighted by molar-refractivity contribution is 5.77. The molecule has 3 unspecified atom stereocenters. The Hall–Kier alpha value is -1.06. The first-order chi connectivity index (χ1) is 8.43. The van der Waals surface area contributed by atoms with Crippen LogP contribution in [-0.4, -0.2) is 11.9 Å². The van der Waals surface area contributed by atoms with E-state index in [1.54, 1.807) is 0 Å². The van der Waals surface area contributed by atoms with Crippen LogP contribution in [0, 0.1) is 23.7 Å². The standard InChI is InChI=1S/C14H24O4/c1-9(11-6-4-3-5-7-11)8-12(14(17)18)10(2)13(15)16/h9-12H,3-8H2,1-2H3,(H,15,16)(H,17,18)/p-2.